The first-order valence-corrected chi connectivity index (χ1v) is 8.27. The molecule has 114 valence electrons. The molecule has 0 amide bonds. The number of carbonyl (C=O) groups is 1. The van der Waals surface area contributed by atoms with E-state index < -0.39 is 0 Å². The smallest absolute Gasteiger partial charge is 0.352 e. The van der Waals surface area contributed by atoms with E-state index in [0.29, 0.717) is 17.0 Å². The molecule has 1 aliphatic carbocycles. The highest BCUT2D eigenvalue weighted by Gasteiger charge is 2.32. The fraction of sp³-hybridized carbons (Fsp3) is 0.167. The van der Waals surface area contributed by atoms with Crippen LogP contribution in [0.2, 0.25) is 0 Å². The van der Waals surface area contributed by atoms with Crippen LogP contribution in [0.25, 0.3) is 11.1 Å². The van der Waals surface area contributed by atoms with Gasteiger partial charge in [-0.05, 0) is 29.1 Å². The van der Waals surface area contributed by atoms with E-state index in [-0.39, 0.29) is 12.1 Å². The summed E-state index contributed by atoms with van der Waals surface area (Å²) in [6.07, 6.45) is 0.292. The average Bonchev–Trinajstić information content (AvgIpc) is 3.19. The first-order valence-electron chi connectivity index (χ1n) is 7.50. The largest absolute Gasteiger partial charge is 0.448 e. The minimum atomic E-state index is -0.373. The normalized spacial score (nSPS) is 12.7. The van der Waals surface area contributed by atoms with Gasteiger partial charge < -0.3 is 4.74 Å². The van der Waals surface area contributed by atoms with Crippen molar-refractivity contribution in [3.05, 3.63) is 70.2 Å². The molecule has 5 heteroatoms. The van der Waals surface area contributed by atoms with Gasteiger partial charge in [0.05, 0.1) is 5.69 Å². The Morgan fingerprint density at radius 1 is 1.09 bits per heavy atom. The Bertz CT molecular complexity index is 842. The first kappa shape index (κ1) is 14.1. The second-order valence-corrected chi connectivity index (χ2v) is 6.12. The van der Waals surface area contributed by atoms with Crippen molar-refractivity contribution in [2.75, 3.05) is 0 Å². The number of carbonyl (C=O) groups excluding carboxylic acids is 1. The second kappa shape index (κ2) is 5.59. The zero-order chi connectivity index (χ0) is 15.8. The number of aryl methyl sites for hydroxylation is 1. The van der Waals surface area contributed by atoms with Gasteiger partial charge in [-0.15, -0.1) is 5.10 Å². The Balaban J connectivity index is 1.73. The van der Waals surface area contributed by atoms with Crippen LogP contribution >= 0.6 is 11.5 Å². The molecule has 0 unspecified atom stereocenters. The van der Waals surface area contributed by atoms with Crippen LogP contribution in [-0.2, 0) is 11.2 Å². The van der Waals surface area contributed by atoms with E-state index in [1.807, 2.05) is 43.3 Å². The molecule has 1 aromatic heterocycles. The molecular formula is C18H14N2O2S. The van der Waals surface area contributed by atoms with Gasteiger partial charge in [-0.3, -0.25) is 0 Å². The lowest BCUT2D eigenvalue weighted by Crippen LogP contribution is -2.11. The number of benzene rings is 2. The second-order valence-electron chi connectivity index (χ2n) is 5.36. The Kier molecular flexibility index (Phi) is 3.42. The summed E-state index contributed by atoms with van der Waals surface area (Å²) in [6.45, 7) is 1.95. The fourth-order valence-electron chi connectivity index (χ4n) is 2.99. The first-order chi connectivity index (χ1) is 11.3. The molecule has 1 heterocycles. The van der Waals surface area contributed by atoms with E-state index in [1.165, 1.54) is 0 Å². The zero-order valence-electron chi connectivity index (χ0n) is 12.5. The molecule has 4 rings (SSSR count). The summed E-state index contributed by atoms with van der Waals surface area (Å²) in [5, 5.41) is 3.99. The minimum absolute atomic E-state index is 0.353. The van der Waals surface area contributed by atoms with Crippen LogP contribution in [0.1, 0.15) is 39.5 Å². The SMILES string of the molecule is CCc1nnsc1C(=O)OC1c2ccccc2-c2ccccc21. The fourth-order valence-corrected chi connectivity index (χ4v) is 3.63. The molecule has 0 spiro atoms. The summed E-state index contributed by atoms with van der Waals surface area (Å²) in [4.78, 5) is 13.1. The Labute approximate surface area is 137 Å². The van der Waals surface area contributed by atoms with Gasteiger partial charge in [0.25, 0.3) is 0 Å². The highest BCUT2D eigenvalue weighted by atomic mass is 32.1. The number of hydrogen-bond donors (Lipinski definition) is 0. The van der Waals surface area contributed by atoms with Crippen LogP contribution in [0, 0.1) is 0 Å². The van der Waals surface area contributed by atoms with Crippen molar-refractivity contribution < 1.29 is 9.53 Å². The van der Waals surface area contributed by atoms with Crippen LogP contribution in [0.15, 0.2) is 48.5 Å². The third-order valence-electron chi connectivity index (χ3n) is 4.08. The molecule has 3 aromatic rings. The Hall–Kier alpha value is -2.53. The maximum Gasteiger partial charge on any atom is 0.352 e. The number of aromatic nitrogens is 2. The van der Waals surface area contributed by atoms with Gasteiger partial charge in [0.1, 0.15) is 0 Å². The molecule has 0 N–H and O–H groups in total. The standard InChI is InChI=1S/C18H14N2O2S/c1-2-15-17(23-20-19-15)18(21)22-16-13-9-5-3-7-11(13)12-8-4-6-10-14(12)16/h3-10,16H,2H2,1H3. The van der Waals surface area contributed by atoms with Crippen LogP contribution in [0.3, 0.4) is 0 Å². The summed E-state index contributed by atoms with van der Waals surface area (Å²) in [7, 11) is 0. The van der Waals surface area contributed by atoms with E-state index in [0.717, 1.165) is 33.8 Å². The highest BCUT2D eigenvalue weighted by Crippen LogP contribution is 2.45. The molecule has 0 saturated heterocycles. The number of nitrogens with zero attached hydrogens (tertiary/aromatic N) is 2. The average molecular weight is 322 g/mol. The Morgan fingerprint density at radius 2 is 1.70 bits per heavy atom. The maximum absolute atomic E-state index is 12.6. The summed E-state index contributed by atoms with van der Waals surface area (Å²) < 4.78 is 9.71. The predicted molar refractivity (Wildman–Crippen MR) is 88.4 cm³/mol. The summed E-state index contributed by atoms with van der Waals surface area (Å²) >= 11 is 1.09. The highest BCUT2D eigenvalue weighted by molar-refractivity contribution is 7.07. The van der Waals surface area contributed by atoms with Gasteiger partial charge in [-0.2, -0.15) is 0 Å². The number of rotatable bonds is 3. The lowest BCUT2D eigenvalue weighted by Gasteiger charge is -2.14. The minimum Gasteiger partial charge on any atom is -0.448 e. The molecule has 0 radical (unpaired) electrons. The lowest BCUT2D eigenvalue weighted by molar-refractivity contribution is 0.0390. The molecule has 0 saturated carbocycles. The molecule has 0 aliphatic heterocycles. The maximum atomic E-state index is 12.6. The van der Waals surface area contributed by atoms with Crippen LogP contribution in [0.5, 0.6) is 0 Å². The third-order valence-corrected chi connectivity index (χ3v) is 4.83. The summed E-state index contributed by atoms with van der Waals surface area (Å²) in [6, 6.07) is 16.1. The number of fused-ring (bicyclic) bond motifs is 3. The van der Waals surface area contributed by atoms with E-state index in [1.54, 1.807) is 0 Å². The number of esters is 1. The van der Waals surface area contributed by atoms with Gasteiger partial charge in [0, 0.05) is 11.1 Å². The van der Waals surface area contributed by atoms with E-state index in [4.69, 9.17) is 4.74 Å². The summed E-state index contributed by atoms with van der Waals surface area (Å²) in [5.74, 6) is -0.353. The van der Waals surface area contributed by atoms with Crippen LogP contribution in [-0.4, -0.2) is 15.6 Å². The van der Waals surface area contributed by atoms with E-state index in [2.05, 4.69) is 21.7 Å². The molecule has 0 fully saturated rings. The quantitative estimate of drug-likeness (QED) is 0.683. The van der Waals surface area contributed by atoms with Crippen molar-refractivity contribution in [3.8, 4) is 11.1 Å². The monoisotopic (exact) mass is 322 g/mol. The van der Waals surface area contributed by atoms with Crippen LogP contribution < -0.4 is 0 Å². The molecule has 23 heavy (non-hydrogen) atoms. The van der Waals surface area contributed by atoms with Gasteiger partial charge in [0.15, 0.2) is 11.0 Å². The molecule has 0 bridgehead atoms. The van der Waals surface area contributed by atoms with Gasteiger partial charge >= 0.3 is 5.97 Å². The predicted octanol–water partition coefficient (Wildman–Crippen LogP) is 4.03. The molecule has 0 atom stereocenters. The van der Waals surface area contributed by atoms with Gasteiger partial charge in [-0.25, -0.2) is 4.79 Å². The van der Waals surface area contributed by atoms with E-state index in [9.17, 15) is 4.79 Å². The lowest BCUT2D eigenvalue weighted by atomic mass is 10.1. The van der Waals surface area contributed by atoms with Crippen LogP contribution in [0.4, 0.5) is 0 Å². The van der Waals surface area contributed by atoms with Crippen molar-refractivity contribution in [2.45, 2.75) is 19.4 Å². The van der Waals surface area contributed by atoms with Crippen molar-refractivity contribution >= 4 is 17.5 Å². The van der Waals surface area contributed by atoms with Gasteiger partial charge in [0.2, 0.25) is 0 Å². The molecular weight excluding hydrogens is 308 g/mol. The number of ether oxygens (including phenoxy) is 1. The molecule has 2 aromatic carbocycles. The number of hydrogen-bond acceptors (Lipinski definition) is 5. The van der Waals surface area contributed by atoms with Gasteiger partial charge in [-0.1, -0.05) is 59.9 Å². The van der Waals surface area contributed by atoms with E-state index >= 15 is 0 Å². The molecule has 4 nitrogen and oxygen atoms in total. The summed E-state index contributed by atoms with van der Waals surface area (Å²) in [5.41, 5.74) is 4.99. The topological polar surface area (TPSA) is 52.1 Å². The van der Waals surface area contributed by atoms with Crippen molar-refractivity contribution in [1.29, 1.82) is 0 Å². The van der Waals surface area contributed by atoms with Crippen molar-refractivity contribution in [3.63, 3.8) is 0 Å². The zero-order valence-corrected chi connectivity index (χ0v) is 13.3. The third kappa shape index (κ3) is 2.24. The van der Waals surface area contributed by atoms with Crippen molar-refractivity contribution in [2.24, 2.45) is 0 Å². The van der Waals surface area contributed by atoms with Crippen molar-refractivity contribution in [1.82, 2.24) is 9.59 Å². The Morgan fingerprint density at radius 3 is 2.30 bits per heavy atom. The molecule has 1 aliphatic rings.